The first-order valence-corrected chi connectivity index (χ1v) is 7.68. The summed E-state index contributed by atoms with van der Waals surface area (Å²) in [6.45, 7) is 0. The largest absolute Gasteiger partial charge is 0.416 e. The number of imidazole rings is 1. The maximum Gasteiger partial charge on any atom is 0.416 e. The van der Waals surface area contributed by atoms with E-state index in [2.05, 4.69) is 9.97 Å². The minimum atomic E-state index is -4.47. The molecule has 0 amide bonds. The van der Waals surface area contributed by atoms with Crippen molar-refractivity contribution in [3.05, 3.63) is 78.6 Å². The van der Waals surface area contributed by atoms with Gasteiger partial charge in [0.2, 0.25) is 0 Å². The zero-order valence-corrected chi connectivity index (χ0v) is 13.2. The highest BCUT2D eigenvalue weighted by Crippen LogP contribution is 2.35. The zero-order valence-electron chi connectivity index (χ0n) is 13.2. The van der Waals surface area contributed by atoms with Crippen molar-refractivity contribution in [2.45, 2.75) is 6.18 Å². The van der Waals surface area contributed by atoms with E-state index in [-0.39, 0.29) is 11.3 Å². The quantitative estimate of drug-likeness (QED) is 0.460. The molecule has 0 radical (unpaired) electrons. The predicted octanol–water partition coefficient (Wildman–Crippen LogP) is 5.22. The Morgan fingerprint density at radius 3 is 2.54 bits per heavy atom. The lowest BCUT2D eigenvalue weighted by atomic mass is 9.98. The molecule has 26 heavy (non-hydrogen) atoms. The second-order valence-corrected chi connectivity index (χ2v) is 5.74. The van der Waals surface area contributed by atoms with E-state index in [1.54, 1.807) is 35.1 Å². The second-order valence-electron chi connectivity index (χ2n) is 5.74. The topological polar surface area (TPSA) is 30.2 Å². The average Bonchev–Trinajstić information content (AvgIpc) is 3.08. The fraction of sp³-hybridized carbons (Fsp3) is 0.0526. The molecule has 4 rings (SSSR count). The van der Waals surface area contributed by atoms with E-state index in [1.807, 2.05) is 0 Å². The molecule has 3 nitrogen and oxygen atoms in total. The number of fused-ring (bicyclic) bond motifs is 1. The first-order valence-electron chi connectivity index (χ1n) is 7.68. The van der Waals surface area contributed by atoms with Crippen LogP contribution in [0.5, 0.6) is 0 Å². The van der Waals surface area contributed by atoms with Gasteiger partial charge in [0.05, 0.1) is 17.5 Å². The molecule has 130 valence electrons. The van der Waals surface area contributed by atoms with Crippen LogP contribution in [0.4, 0.5) is 17.6 Å². The van der Waals surface area contributed by atoms with Crippen LogP contribution in [-0.2, 0) is 6.18 Å². The van der Waals surface area contributed by atoms with Crippen LogP contribution in [-0.4, -0.2) is 14.4 Å². The molecule has 0 N–H and O–H groups in total. The number of hydrogen-bond acceptors (Lipinski definition) is 2. The van der Waals surface area contributed by atoms with Crippen molar-refractivity contribution >= 4 is 5.65 Å². The van der Waals surface area contributed by atoms with E-state index in [0.29, 0.717) is 16.8 Å². The summed E-state index contributed by atoms with van der Waals surface area (Å²) in [7, 11) is 0. The third-order valence-corrected chi connectivity index (χ3v) is 4.03. The Morgan fingerprint density at radius 1 is 0.885 bits per heavy atom. The lowest BCUT2D eigenvalue weighted by Gasteiger charge is -2.12. The van der Waals surface area contributed by atoms with E-state index in [9.17, 15) is 17.6 Å². The van der Waals surface area contributed by atoms with Crippen molar-refractivity contribution in [1.29, 1.82) is 0 Å². The average molecular weight is 357 g/mol. The number of hydrogen-bond donors (Lipinski definition) is 0. The first kappa shape index (κ1) is 16.3. The molecule has 0 fully saturated rings. The third kappa shape index (κ3) is 2.92. The van der Waals surface area contributed by atoms with Gasteiger partial charge in [-0.1, -0.05) is 12.1 Å². The van der Waals surface area contributed by atoms with E-state index < -0.39 is 17.6 Å². The first-order chi connectivity index (χ1) is 12.4. The summed E-state index contributed by atoms with van der Waals surface area (Å²) >= 11 is 0. The van der Waals surface area contributed by atoms with Gasteiger partial charge >= 0.3 is 6.18 Å². The number of pyridine rings is 2. The van der Waals surface area contributed by atoms with Crippen LogP contribution < -0.4 is 0 Å². The fourth-order valence-corrected chi connectivity index (χ4v) is 2.81. The summed E-state index contributed by atoms with van der Waals surface area (Å²) in [6, 6.07) is 9.56. The van der Waals surface area contributed by atoms with Crippen LogP contribution in [0.3, 0.4) is 0 Å². The smallest absolute Gasteiger partial charge is 0.307 e. The molecule has 1 aromatic carbocycles. The van der Waals surface area contributed by atoms with Crippen molar-refractivity contribution in [2.75, 3.05) is 0 Å². The van der Waals surface area contributed by atoms with Gasteiger partial charge in [-0.15, -0.1) is 0 Å². The van der Waals surface area contributed by atoms with Gasteiger partial charge in [-0.3, -0.25) is 4.98 Å². The summed E-state index contributed by atoms with van der Waals surface area (Å²) in [6.07, 6.45) is 1.66. The third-order valence-electron chi connectivity index (χ3n) is 4.03. The van der Waals surface area contributed by atoms with Gasteiger partial charge in [-0.2, -0.15) is 13.2 Å². The van der Waals surface area contributed by atoms with Gasteiger partial charge < -0.3 is 4.40 Å². The number of halogens is 4. The maximum atomic E-state index is 13.8. The lowest BCUT2D eigenvalue weighted by molar-refractivity contribution is -0.137. The van der Waals surface area contributed by atoms with Crippen LogP contribution in [0.15, 0.2) is 67.3 Å². The molecule has 0 atom stereocenters. The monoisotopic (exact) mass is 357 g/mol. The number of alkyl halides is 3. The van der Waals surface area contributed by atoms with Crippen molar-refractivity contribution in [3.63, 3.8) is 0 Å². The Labute approximate surface area is 145 Å². The van der Waals surface area contributed by atoms with Crippen LogP contribution >= 0.6 is 0 Å². The summed E-state index contributed by atoms with van der Waals surface area (Å²) in [5.41, 5.74) is 1.40. The Balaban J connectivity index is 1.90. The van der Waals surface area contributed by atoms with Crippen LogP contribution in [0.1, 0.15) is 5.56 Å². The molecule has 0 bridgehead atoms. The van der Waals surface area contributed by atoms with Crippen LogP contribution in [0, 0.1) is 5.82 Å². The number of aromatic nitrogens is 3. The molecular formula is C19H11F4N3. The van der Waals surface area contributed by atoms with E-state index in [4.69, 9.17) is 0 Å². The number of rotatable bonds is 2. The molecule has 3 aromatic heterocycles. The van der Waals surface area contributed by atoms with E-state index in [0.717, 1.165) is 18.3 Å². The van der Waals surface area contributed by atoms with E-state index >= 15 is 0 Å². The van der Waals surface area contributed by atoms with Gasteiger partial charge in [0.1, 0.15) is 11.5 Å². The second kappa shape index (κ2) is 5.94. The molecule has 7 heteroatoms. The van der Waals surface area contributed by atoms with E-state index in [1.165, 1.54) is 18.2 Å². The predicted molar refractivity (Wildman–Crippen MR) is 88.8 cm³/mol. The van der Waals surface area contributed by atoms with Crippen molar-refractivity contribution in [1.82, 2.24) is 14.4 Å². The molecule has 0 saturated carbocycles. The normalized spacial score (nSPS) is 11.8. The molecule has 0 aliphatic heterocycles. The van der Waals surface area contributed by atoms with Crippen molar-refractivity contribution in [3.8, 4) is 22.4 Å². The highest BCUT2D eigenvalue weighted by Gasteiger charge is 2.30. The SMILES string of the molecule is Fc1cnc(-c2cccc(C(F)(F)F)c2)c(-c2ccn3ccnc3c2)c1. The lowest BCUT2D eigenvalue weighted by Crippen LogP contribution is -2.04. The molecule has 4 aromatic rings. The zero-order chi connectivity index (χ0) is 18.3. The molecular weight excluding hydrogens is 346 g/mol. The van der Waals surface area contributed by atoms with Gasteiger partial charge in [-0.25, -0.2) is 9.37 Å². The van der Waals surface area contributed by atoms with Crippen molar-refractivity contribution < 1.29 is 17.6 Å². The number of benzene rings is 1. The fourth-order valence-electron chi connectivity index (χ4n) is 2.81. The Bertz CT molecular complexity index is 1100. The number of nitrogens with zero attached hydrogens (tertiary/aromatic N) is 3. The summed E-state index contributed by atoms with van der Waals surface area (Å²) in [4.78, 5) is 8.22. The van der Waals surface area contributed by atoms with Gasteiger partial charge in [0, 0.05) is 29.7 Å². The van der Waals surface area contributed by atoms with Gasteiger partial charge in [-0.05, 0) is 35.9 Å². The Hall–Kier alpha value is -3.22. The molecule has 0 saturated heterocycles. The molecule has 3 heterocycles. The van der Waals surface area contributed by atoms with Crippen LogP contribution in [0.25, 0.3) is 28.0 Å². The minimum Gasteiger partial charge on any atom is -0.307 e. The molecule has 0 spiro atoms. The summed E-state index contributed by atoms with van der Waals surface area (Å²) in [5, 5.41) is 0. The highest BCUT2D eigenvalue weighted by atomic mass is 19.4. The molecule has 0 unspecified atom stereocenters. The standard InChI is InChI=1S/C19H11F4N3/c20-15-10-16(12-4-6-26-7-5-24-17(26)9-12)18(25-11-15)13-2-1-3-14(8-13)19(21,22)23/h1-11H. The maximum absolute atomic E-state index is 13.8. The molecule has 0 aliphatic rings. The minimum absolute atomic E-state index is 0.262. The van der Waals surface area contributed by atoms with Crippen molar-refractivity contribution in [2.24, 2.45) is 0 Å². The Morgan fingerprint density at radius 2 is 1.73 bits per heavy atom. The van der Waals surface area contributed by atoms with Gasteiger partial charge in [0.25, 0.3) is 0 Å². The summed E-state index contributed by atoms with van der Waals surface area (Å²) in [5.74, 6) is -0.570. The van der Waals surface area contributed by atoms with Crippen LogP contribution in [0.2, 0.25) is 0 Å². The van der Waals surface area contributed by atoms with Gasteiger partial charge in [0.15, 0.2) is 0 Å². The summed E-state index contributed by atoms with van der Waals surface area (Å²) < 4.78 is 54.6. The molecule has 0 aliphatic carbocycles. The Kier molecular flexibility index (Phi) is 3.72. The highest BCUT2D eigenvalue weighted by molar-refractivity contribution is 5.82.